The Labute approximate surface area is 196 Å². The highest BCUT2D eigenvalue weighted by atomic mass is 32.1. The average molecular weight is 463 g/mol. The van der Waals surface area contributed by atoms with Gasteiger partial charge in [0, 0.05) is 6.61 Å². The molecule has 1 aromatic heterocycles. The highest BCUT2D eigenvalue weighted by Crippen LogP contribution is 2.32. The number of nitrogens with zero attached hydrogens (tertiary/aromatic N) is 2. The number of hydrogen-bond acceptors (Lipinski definition) is 6. The molecule has 4 aromatic rings. The average Bonchev–Trinajstić information content (AvgIpc) is 3.50. The second-order valence-corrected chi connectivity index (χ2v) is 9.01. The molecular formula is C26H26N2O4S. The minimum atomic E-state index is -0.136. The number of anilines is 1. The summed E-state index contributed by atoms with van der Waals surface area (Å²) in [7, 11) is 0. The standard InChI is InChI=1S/C26H26N2O4S/c1-2-30-21-11-12-23-24(15-21)33-26(27-23)28(16-22-8-5-13-31-22)25(29)17-32-20-10-9-18-6-3-4-7-19(18)14-20/h3-4,6-7,9-12,14-15,22H,2,5,8,13,16-17H2,1H3. The molecule has 7 heteroatoms. The van der Waals surface area contributed by atoms with Gasteiger partial charge in [-0.2, -0.15) is 0 Å². The van der Waals surface area contributed by atoms with Gasteiger partial charge in [0.15, 0.2) is 11.7 Å². The highest BCUT2D eigenvalue weighted by molar-refractivity contribution is 7.22. The van der Waals surface area contributed by atoms with Crippen LogP contribution in [0.15, 0.2) is 60.7 Å². The fourth-order valence-electron chi connectivity index (χ4n) is 4.02. The second-order valence-electron chi connectivity index (χ2n) is 8.00. The van der Waals surface area contributed by atoms with Gasteiger partial charge < -0.3 is 14.2 Å². The number of thiazole rings is 1. The third-order valence-corrected chi connectivity index (χ3v) is 6.73. The van der Waals surface area contributed by atoms with E-state index < -0.39 is 0 Å². The maximum Gasteiger partial charge on any atom is 0.266 e. The monoisotopic (exact) mass is 462 g/mol. The summed E-state index contributed by atoms with van der Waals surface area (Å²) < 4.78 is 18.3. The van der Waals surface area contributed by atoms with Gasteiger partial charge in [0.25, 0.3) is 5.91 Å². The molecule has 0 aliphatic carbocycles. The van der Waals surface area contributed by atoms with E-state index in [2.05, 4.69) is 6.07 Å². The molecular weight excluding hydrogens is 436 g/mol. The maximum atomic E-state index is 13.3. The molecule has 6 nitrogen and oxygen atoms in total. The van der Waals surface area contributed by atoms with Crippen LogP contribution in [0.5, 0.6) is 11.5 Å². The fourth-order valence-corrected chi connectivity index (χ4v) is 5.04. The van der Waals surface area contributed by atoms with Crippen LogP contribution in [0.3, 0.4) is 0 Å². The third-order valence-electron chi connectivity index (χ3n) is 5.69. The Kier molecular flexibility index (Phi) is 6.41. The zero-order valence-electron chi connectivity index (χ0n) is 18.5. The molecule has 33 heavy (non-hydrogen) atoms. The van der Waals surface area contributed by atoms with E-state index in [1.54, 1.807) is 4.90 Å². The molecule has 0 saturated carbocycles. The number of rotatable bonds is 8. The van der Waals surface area contributed by atoms with Crippen LogP contribution in [0.25, 0.3) is 21.0 Å². The normalized spacial score (nSPS) is 15.7. The summed E-state index contributed by atoms with van der Waals surface area (Å²) in [5.74, 6) is 1.34. The Hall–Kier alpha value is -3.16. The van der Waals surface area contributed by atoms with Crippen LogP contribution >= 0.6 is 11.3 Å². The molecule has 1 atom stereocenters. The first-order valence-corrected chi connectivity index (χ1v) is 12.1. The van der Waals surface area contributed by atoms with Crippen molar-refractivity contribution in [3.05, 3.63) is 60.7 Å². The Balaban J connectivity index is 1.36. The molecule has 5 rings (SSSR count). The van der Waals surface area contributed by atoms with Gasteiger partial charge >= 0.3 is 0 Å². The summed E-state index contributed by atoms with van der Waals surface area (Å²) in [6.07, 6.45) is 1.97. The lowest BCUT2D eigenvalue weighted by atomic mass is 10.1. The first-order valence-electron chi connectivity index (χ1n) is 11.3. The fraction of sp³-hybridized carbons (Fsp3) is 0.308. The lowest BCUT2D eigenvalue weighted by molar-refractivity contribution is -0.120. The predicted octanol–water partition coefficient (Wildman–Crippen LogP) is 5.44. The number of carbonyl (C=O) groups excluding carboxylic acids is 1. The van der Waals surface area contributed by atoms with Crippen LogP contribution in [0, 0.1) is 0 Å². The van der Waals surface area contributed by atoms with Gasteiger partial charge in [-0.25, -0.2) is 4.98 Å². The van der Waals surface area contributed by atoms with E-state index in [9.17, 15) is 4.79 Å². The second kappa shape index (κ2) is 9.77. The molecule has 1 aliphatic rings. The lowest BCUT2D eigenvalue weighted by Crippen LogP contribution is -2.40. The predicted molar refractivity (Wildman–Crippen MR) is 132 cm³/mol. The van der Waals surface area contributed by atoms with Crippen molar-refractivity contribution in [2.45, 2.75) is 25.9 Å². The van der Waals surface area contributed by atoms with Crippen molar-refractivity contribution in [1.82, 2.24) is 4.98 Å². The molecule has 0 N–H and O–H groups in total. The molecule has 3 aromatic carbocycles. The number of amides is 1. The van der Waals surface area contributed by atoms with Crippen LogP contribution in [-0.2, 0) is 9.53 Å². The first kappa shape index (κ1) is 21.7. The number of ether oxygens (including phenoxy) is 3. The molecule has 0 spiro atoms. The van der Waals surface area contributed by atoms with Crippen LogP contribution in [0.2, 0.25) is 0 Å². The topological polar surface area (TPSA) is 60.9 Å². The summed E-state index contributed by atoms with van der Waals surface area (Å²) in [6.45, 7) is 3.70. The van der Waals surface area contributed by atoms with Crippen LogP contribution in [0.4, 0.5) is 5.13 Å². The lowest BCUT2D eigenvalue weighted by Gasteiger charge is -2.23. The van der Waals surface area contributed by atoms with E-state index >= 15 is 0 Å². The van der Waals surface area contributed by atoms with Crippen LogP contribution < -0.4 is 14.4 Å². The van der Waals surface area contributed by atoms with E-state index in [4.69, 9.17) is 19.2 Å². The molecule has 1 amide bonds. The molecule has 1 fully saturated rings. The number of aromatic nitrogens is 1. The Bertz CT molecular complexity index is 1270. The van der Waals surface area contributed by atoms with E-state index in [1.165, 1.54) is 11.3 Å². The highest BCUT2D eigenvalue weighted by Gasteiger charge is 2.26. The smallest absolute Gasteiger partial charge is 0.266 e. The third kappa shape index (κ3) is 4.94. The van der Waals surface area contributed by atoms with Crippen molar-refractivity contribution in [1.29, 1.82) is 0 Å². The maximum absolute atomic E-state index is 13.3. The van der Waals surface area contributed by atoms with Gasteiger partial charge in [-0.05, 0) is 60.9 Å². The van der Waals surface area contributed by atoms with Crippen molar-refractivity contribution in [2.75, 3.05) is 31.3 Å². The van der Waals surface area contributed by atoms with Crippen molar-refractivity contribution < 1.29 is 19.0 Å². The van der Waals surface area contributed by atoms with Gasteiger partial charge in [-0.1, -0.05) is 41.7 Å². The molecule has 2 heterocycles. The first-order chi connectivity index (χ1) is 16.2. The Morgan fingerprint density at radius 3 is 2.73 bits per heavy atom. The van der Waals surface area contributed by atoms with Gasteiger partial charge in [0.05, 0.1) is 29.5 Å². The molecule has 1 unspecified atom stereocenters. The summed E-state index contributed by atoms with van der Waals surface area (Å²) in [6, 6.07) is 19.7. The summed E-state index contributed by atoms with van der Waals surface area (Å²) in [5, 5.41) is 2.87. The number of fused-ring (bicyclic) bond motifs is 2. The Morgan fingerprint density at radius 1 is 1.09 bits per heavy atom. The van der Waals surface area contributed by atoms with Crippen molar-refractivity contribution >= 4 is 43.4 Å². The number of carbonyl (C=O) groups is 1. The molecule has 0 bridgehead atoms. The molecule has 170 valence electrons. The number of hydrogen-bond donors (Lipinski definition) is 0. The summed E-state index contributed by atoms with van der Waals surface area (Å²) in [5.41, 5.74) is 0.846. The van der Waals surface area contributed by atoms with Crippen molar-refractivity contribution in [3.63, 3.8) is 0 Å². The van der Waals surface area contributed by atoms with Gasteiger partial charge in [-0.15, -0.1) is 0 Å². The van der Waals surface area contributed by atoms with Gasteiger partial charge in [0.1, 0.15) is 11.5 Å². The van der Waals surface area contributed by atoms with Gasteiger partial charge in [-0.3, -0.25) is 9.69 Å². The molecule has 1 aliphatic heterocycles. The zero-order chi connectivity index (χ0) is 22.6. The van der Waals surface area contributed by atoms with E-state index in [0.717, 1.165) is 46.2 Å². The Morgan fingerprint density at radius 2 is 1.91 bits per heavy atom. The number of benzene rings is 3. The van der Waals surface area contributed by atoms with Crippen LogP contribution in [0.1, 0.15) is 19.8 Å². The van der Waals surface area contributed by atoms with E-state index in [-0.39, 0.29) is 18.6 Å². The minimum Gasteiger partial charge on any atom is -0.494 e. The van der Waals surface area contributed by atoms with Crippen LogP contribution in [-0.4, -0.2) is 43.4 Å². The SMILES string of the molecule is CCOc1ccc2nc(N(CC3CCCO3)C(=O)COc3ccc4ccccc4c3)sc2c1. The van der Waals surface area contributed by atoms with Gasteiger partial charge in [0.2, 0.25) is 0 Å². The summed E-state index contributed by atoms with van der Waals surface area (Å²) >= 11 is 1.48. The largest absolute Gasteiger partial charge is 0.494 e. The van der Waals surface area contributed by atoms with Crippen molar-refractivity contribution in [2.24, 2.45) is 0 Å². The van der Waals surface area contributed by atoms with Crippen molar-refractivity contribution in [3.8, 4) is 11.5 Å². The zero-order valence-corrected chi connectivity index (χ0v) is 19.3. The summed E-state index contributed by atoms with van der Waals surface area (Å²) in [4.78, 5) is 19.7. The molecule has 0 radical (unpaired) electrons. The quantitative estimate of drug-likeness (QED) is 0.349. The van der Waals surface area contributed by atoms with E-state index in [0.29, 0.717) is 24.0 Å². The van der Waals surface area contributed by atoms with E-state index in [1.807, 2.05) is 61.5 Å². The minimum absolute atomic E-state index is 0.0145. The molecule has 1 saturated heterocycles.